The van der Waals surface area contributed by atoms with Crippen LogP contribution in [-0.4, -0.2) is 23.8 Å². The number of hydrogen-bond donors (Lipinski definition) is 0. The van der Waals surface area contributed by atoms with Crippen molar-refractivity contribution in [1.29, 1.82) is 0 Å². The molecule has 0 N–H and O–H groups in total. The molecule has 4 nitrogen and oxygen atoms in total. The molecule has 6 heteroatoms. The number of thioether (sulfide) groups is 2. The lowest BCUT2D eigenvalue weighted by Gasteiger charge is -2.10. The standard InChI is InChI=1S/C22H20O4S2/c1-11(2)25-13-5-7-15-17(9-13)27-21(19(15)23)22-20(24)16-8-6-14(26-12(3)4)10-18(16)28-22/h5-12H,1-4H3. The van der Waals surface area contributed by atoms with E-state index in [1.807, 2.05) is 39.8 Å². The minimum atomic E-state index is -0.0987. The summed E-state index contributed by atoms with van der Waals surface area (Å²) in [7, 11) is 0. The average molecular weight is 413 g/mol. The van der Waals surface area contributed by atoms with E-state index < -0.39 is 0 Å². The third-order valence-electron chi connectivity index (χ3n) is 4.18. The quantitative estimate of drug-likeness (QED) is 0.596. The molecule has 0 amide bonds. The van der Waals surface area contributed by atoms with Gasteiger partial charge in [0.2, 0.25) is 11.6 Å². The molecule has 0 aromatic heterocycles. The van der Waals surface area contributed by atoms with Crippen LogP contribution in [0.3, 0.4) is 0 Å². The smallest absolute Gasteiger partial charge is 0.202 e. The number of allylic oxidation sites excluding steroid dienone is 2. The van der Waals surface area contributed by atoms with E-state index >= 15 is 0 Å². The van der Waals surface area contributed by atoms with Crippen LogP contribution in [0, 0.1) is 0 Å². The second-order valence-corrected chi connectivity index (χ2v) is 9.27. The molecule has 0 bridgehead atoms. The predicted octanol–water partition coefficient (Wildman–Crippen LogP) is 5.75. The first kappa shape index (κ1) is 19.2. The number of hydrogen-bond acceptors (Lipinski definition) is 6. The molecule has 0 fully saturated rings. The molecule has 0 atom stereocenters. The van der Waals surface area contributed by atoms with Crippen molar-refractivity contribution in [3.63, 3.8) is 0 Å². The number of ketones is 2. The summed E-state index contributed by atoms with van der Waals surface area (Å²) in [6.45, 7) is 7.84. The molecule has 2 aliphatic heterocycles. The summed E-state index contributed by atoms with van der Waals surface area (Å²) < 4.78 is 11.5. The van der Waals surface area contributed by atoms with Gasteiger partial charge >= 0.3 is 0 Å². The third-order valence-corrected chi connectivity index (χ3v) is 6.61. The van der Waals surface area contributed by atoms with Gasteiger partial charge in [-0.3, -0.25) is 9.59 Å². The lowest BCUT2D eigenvalue weighted by molar-refractivity contribution is 0.101. The predicted molar refractivity (Wildman–Crippen MR) is 112 cm³/mol. The van der Waals surface area contributed by atoms with Crippen LogP contribution in [0.15, 0.2) is 56.0 Å². The van der Waals surface area contributed by atoms with Crippen LogP contribution < -0.4 is 9.47 Å². The second kappa shape index (κ2) is 7.33. The zero-order valence-corrected chi connectivity index (χ0v) is 17.7. The third kappa shape index (κ3) is 3.47. The van der Waals surface area contributed by atoms with Crippen LogP contribution >= 0.6 is 23.5 Å². The Hall–Kier alpha value is -2.18. The fourth-order valence-electron chi connectivity index (χ4n) is 3.10. The molecule has 0 saturated carbocycles. The van der Waals surface area contributed by atoms with Gasteiger partial charge in [-0.05, 0) is 64.1 Å². The highest BCUT2D eigenvalue weighted by Gasteiger charge is 2.36. The highest BCUT2D eigenvalue weighted by atomic mass is 32.2. The number of rotatable bonds is 4. The Labute approximate surface area is 172 Å². The van der Waals surface area contributed by atoms with Gasteiger partial charge in [-0.15, -0.1) is 0 Å². The first-order valence-corrected chi connectivity index (χ1v) is 10.8. The van der Waals surface area contributed by atoms with Gasteiger partial charge in [-0.25, -0.2) is 0 Å². The monoisotopic (exact) mass is 412 g/mol. The molecule has 2 aromatic carbocycles. The number of carbonyl (C=O) groups is 2. The van der Waals surface area contributed by atoms with Crippen LogP contribution in [0.2, 0.25) is 0 Å². The van der Waals surface area contributed by atoms with E-state index in [0.717, 1.165) is 21.3 Å². The van der Waals surface area contributed by atoms with Crippen LogP contribution in [0.25, 0.3) is 0 Å². The Kier molecular flexibility index (Phi) is 5.02. The first-order chi connectivity index (χ1) is 13.3. The largest absolute Gasteiger partial charge is 0.491 e. The molecule has 0 saturated heterocycles. The van der Waals surface area contributed by atoms with E-state index in [1.54, 1.807) is 24.3 Å². The summed E-state index contributed by atoms with van der Waals surface area (Å²) >= 11 is 2.70. The summed E-state index contributed by atoms with van der Waals surface area (Å²) in [4.78, 5) is 28.5. The minimum absolute atomic E-state index is 0.0571. The van der Waals surface area contributed by atoms with Gasteiger partial charge in [0.25, 0.3) is 0 Å². The molecule has 0 unspecified atom stereocenters. The Morgan fingerprint density at radius 2 is 1.07 bits per heavy atom. The number of Topliss-reactive ketones (excluding diaryl/α,β-unsaturated/α-hetero) is 2. The Morgan fingerprint density at radius 1 is 0.679 bits per heavy atom. The van der Waals surface area contributed by atoms with Crippen LogP contribution in [0.4, 0.5) is 0 Å². The molecule has 0 radical (unpaired) electrons. The normalized spacial score (nSPS) is 18.1. The van der Waals surface area contributed by atoms with E-state index in [-0.39, 0.29) is 23.8 Å². The maximum absolute atomic E-state index is 12.9. The summed E-state index contributed by atoms with van der Waals surface area (Å²) in [5.41, 5.74) is 1.24. The zero-order chi connectivity index (χ0) is 20.0. The van der Waals surface area contributed by atoms with Crippen LogP contribution in [0.1, 0.15) is 48.4 Å². The maximum Gasteiger partial charge on any atom is 0.202 e. The number of benzene rings is 2. The van der Waals surface area contributed by atoms with E-state index in [0.29, 0.717) is 20.9 Å². The van der Waals surface area contributed by atoms with Crippen LogP contribution in [-0.2, 0) is 0 Å². The van der Waals surface area contributed by atoms with Crippen molar-refractivity contribution < 1.29 is 19.1 Å². The summed E-state index contributed by atoms with van der Waals surface area (Å²) in [5.74, 6) is 1.26. The Bertz CT molecular complexity index is 940. The fraction of sp³-hybridized carbons (Fsp3) is 0.273. The molecule has 0 aliphatic carbocycles. The fourth-order valence-corrected chi connectivity index (χ4v) is 5.45. The lowest BCUT2D eigenvalue weighted by atomic mass is 10.1. The highest BCUT2D eigenvalue weighted by molar-refractivity contribution is 8.08. The van der Waals surface area contributed by atoms with Crippen molar-refractivity contribution in [2.24, 2.45) is 0 Å². The van der Waals surface area contributed by atoms with Gasteiger partial charge in [0.05, 0.1) is 22.0 Å². The molecule has 2 aromatic rings. The van der Waals surface area contributed by atoms with E-state index in [2.05, 4.69) is 0 Å². The topological polar surface area (TPSA) is 52.6 Å². The van der Waals surface area contributed by atoms with Gasteiger partial charge < -0.3 is 9.47 Å². The zero-order valence-electron chi connectivity index (χ0n) is 16.1. The first-order valence-electron chi connectivity index (χ1n) is 9.14. The van der Waals surface area contributed by atoms with Crippen molar-refractivity contribution >= 4 is 35.1 Å². The van der Waals surface area contributed by atoms with Crippen molar-refractivity contribution in [3.05, 3.63) is 57.3 Å². The molecular formula is C22H20O4S2. The molecular weight excluding hydrogens is 392 g/mol. The van der Waals surface area contributed by atoms with Gasteiger partial charge in [-0.1, -0.05) is 23.5 Å². The molecule has 2 aliphatic rings. The molecule has 2 heterocycles. The Balaban J connectivity index is 1.66. The van der Waals surface area contributed by atoms with Gasteiger partial charge in [0, 0.05) is 20.9 Å². The summed E-state index contributed by atoms with van der Waals surface area (Å²) in [5, 5.41) is 0. The number of carbonyl (C=O) groups excluding carboxylic acids is 2. The lowest BCUT2D eigenvalue weighted by Crippen LogP contribution is -2.06. The summed E-state index contributed by atoms with van der Waals surface area (Å²) in [6.07, 6.45) is 0.114. The molecule has 28 heavy (non-hydrogen) atoms. The average Bonchev–Trinajstić information content (AvgIpc) is 3.11. The van der Waals surface area contributed by atoms with Crippen molar-refractivity contribution in [3.8, 4) is 11.5 Å². The van der Waals surface area contributed by atoms with Gasteiger partial charge in [0.1, 0.15) is 11.5 Å². The van der Waals surface area contributed by atoms with Gasteiger partial charge in [0.15, 0.2) is 0 Å². The molecule has 0 spiro atoms. The number of ether oxygens (including phenoxy) is 2. The van der Waals surface area contributed by atoms with Crippen molar-refractivity contribution in [2.45, 2.75) is 49.7 Å². The highest BCUT2D eigenvalue weighted by Crippen LogP contribution is 2.50. The second-order valence-electron chi connectivity index (χ2n) is 7.17. The van der Waals surface area contributed by atoms with E-state index in [4.69, 9.17) is 9.47 Å². The van der Waals surface area contributed by atoms with Crippen LogP contribution in [0.5, 0.6) is 11.5 Å². The van der Waals surface area contributed by atoms with Gasteiger partial charge in [-0.2, -0.15) is 0 Å². The SMILES string of the molecule is CC(C)Oc1ccc2c(c1)SC(=C1Sc3cc(OC(C)C)ccc3C1=O)C2=O. The Morgan fingerprint density at radius 3 is 1.43 bits per heavy atom. The van der Waals surface area contributed by atoms with Crippen molar-refractivity contribution in [1.82, 2.24) is 0 Å². The van der Waals surface area contributed by atoms with E-state index in [1.165, 1.54) is 23.5 Å². The maximum atomic E-state index is 12.9. The minimum Gasteiger partial charge on any atom is -0.491 e. The molecule has 144 valence electrons. The van der Waals surface area contributed by atoms with Crippen molar-refractivity contribution in [2.75, 3.05) is 0 Å². The summed E-state index contributed by atoms with van der Waals surface area (Å²) in [6, 6.07) is 10.9. The van der Waals surface area contributed by atoms with E-state index in [9.17, 15) is 9.59 Å². The number of fused-ring (bicyclic) bond motifs is 2. The molecule has 4 rings (SSSR count).